The van der Waals surface area contributed by atoms with Crippen LogP contribution in [0.2, 0.25) is 0 Å². The molecule has 4 aromatic rings. The largest absolute Gasteiger partial charge is 0.319 e. The molecule has 0 unspecified atom stereocenters. The molecule has 3 aromatic carbocycles. The number of amides is 1. The predicted molar refractivity (Wildman–Crippen MR) is 106 cm³/mol. The number of benzene rings is 3. The van der Waals surface area contributed by atoms with Crippen LogP contribution in [0.25, 0.3) is 23.1 Å². The van der Waals surface area contributed by atoms with Gasteiger partial charge >= 0.3 is 0 Å². The molecule has 0 fully saturated rings. The maximum Gasteiger partial charge on any atom is 0.255 e. The van der Waals surface area contributed by atoms with E-state index in [-0.39, 0.29) is 11.5 Å². The lowest BCUT2D eigenvalue weighted by molar-refractivity contribution is 0.102. The number of hydrogen-bond donors (Lipinski definition) is 2. The lowest BCUT2D eigenvalue weighted by Gasteiger charge is -2.07. The van der Waals surface area contributed by atoms with Gasteiger partial charge in [-0.15, -0.1) is 0 Å². The second-order valence-corrected chi connectivity index (χ2v) is 6.19. The average molecular weight is 375 g/mol. The number of hydrogen-bond acceptors (Lipinski definition) is 2. The number of aromatic amines is 1. The summed E-state index contributed by atoms with van der Waals surface area (Å²) in [6, 6.07) is 17.4. The Morgan fingerprint density at radius 3 is 2.46 bits per heavy atom. The van der Waals surface area contributed by atoms with Gasteiger partial charge in [0.15, 0.2) is 0 Å². The minimum absolute atomic E-state index is 0.0687. The zero-order valence-electron chi connectivity index (χ0n) is 14.6. The highest BCUT2D eigenvalue weighted by atomic mass is 19.1. The first-order chi connectivity index (χ1) is 13.6. The average Bonchev–Trinajstić information content (AvgIpc) is 3.10. The van der Waals surface area contributed by atoms with E-state index in [0.717, 1.165) is 5.56 Å². The molecule has 4 rings (SSSR count). The van der Waals surface area contributed by atoms with Gasteiger partial charge in [-0.1, -0.05) is 36.4 Å². The van der Waals surface area contributed by atoms with E-state index < -0.39 is 11.7 Å². The first-order valence-electron chi connectivity index (χ1n) is 8.58. The van der Waals surface area contributed by atoms with Crippen molar-refractivity contribution in [1.82, 2.24) is 10.2 Å². The summed E-state index contributed by atoms with van der Waals surface area (Å²) in [5.74, 6) is -1.27. The fourth-order valence-electron chi connectivity index (χ4n) is 2.81. The maximum atomic E-state index is 14.4. The lowest BCUT2D eigenvalue weighted by atomic mass is 10.1. The Morgan fingerprint density at radius 2 is 1.71 bits per heavy atom. The smallest absolute Gasteiger partial charge is 0.255 e. The number of carbonyl (C=O) groups is 1. The van der Waals surface area contributed by atoms with Gasteiger partial charge in [0.2, 0.25) is 0 Å². The number of carbonyl (C=O) groups excluding carboxylic acids is 1. The van der Waals surface area contributed by atoms with Crippen LogP contribution in [-0.4, -0.2) is 16.1 Å². The molecule has 138 valence electrons. The van der Waals surface area contributed by atoms with Crippen LogP contribution in [0.4, 0.5) is 14.5 Å². The van der Waals surface area contributed by atoms with E-state index in [4.69, 9.17) is 0 Å². The first kappa shape index (κ1) is 17.6. The van der Waals surface area contributed by atoms with Gasteiger partial charge in [0.1, 0.15) is 11.6 Å². The molecule has 0 aliphatic heterocycles. The molecule has 0 bridgehead atoms. The monoisotopic (exact) mass is 375 g/mol. The number of nitrogens with zero attached hydrogens (tertiary/aromatic N) is 1. The summed E-state index contributed by atoms with van der Waals surface area (Å²) in [6.07, 6.45) is 3.52. The molecular weight excluding hydrogens is 360 g/mol. The van der Waals surface area contributed by atoms with Crippen LogP contribution in [0.3, 0.4) is 0 Å². The Labute approximate surface area is 159 Å². The molecule has 4 nitrogen and oxygen atoms in total. The number of rotatable bonds is 4. The first-order valence-corrected chi connectivity index (χ1v) is 8.58. The fourth-order valence-corrected chi connectivity index (χ4v) is 2.81. The van der Waals surface area contributed by atoms with E-state index in [2.05, 4.69) is 15.5 Å². The molecule has 0 atom stereocenters. The summed E-state index contributed by atoms with van der Waals surface area (Å²) in [5, 5.41) is 10.2. The van der Waals surface area contributed by atoms with Crippen LogP contribution in [-0.2, 0) is 0 Å². The number of fused-ring (bicyclic) bond motifs is 1. The third-order valence-corrected chi connectivity index (χ3v) is 4.27. The van der Waals surface area contributed by atoms with Gasteiger partial charge in [0.05, 0.1) is 16.9 Å². The zero-order chi connectivity index (χ0) is 19.5. The highest BCUT2D eigenvalue weighted by Gasteiger charge is 2.13. The number of nitrogens with one attached hydrogen (secondary N) is 2. The minimum Gasteiger partial charge on any atom is -0.319 e. The van der Waals surface area contributed by atoms with Crippen LogP contribution < -0.4 is 5.32 Å². The van der Waals surface area contributed by atoms with Crippen LogP contribution >= 0.6 is 0 Å². The lowest BCUT2D eigenvalue weighted by Crippen LogP contribution is -2.12. The third-order valence-electron chi connectivity index (χ3n) is 4.27. The Hall–Kier alpha value is -3.80. The van der Waals surface area contributed by atoms with E-state index in [1.54, 1.807) is 60.7 Å². The van der Waals surface area contributed by atoms with E-state index >= 15 is 0 Å². The van der Waals surface area contributed by atoms with Crippen molar-refractivity contribution in [1.29, 1.82) is 0 Å². The van der Waals surface area contributed by atoms with Gasteiger partial charge in [-0.25, -0.2) is 8.78 Å². The molecule has 0 spiro atoms. The highest BCUT2D eigenvalue weighted by molar-refractivity contribution is 6.05. The topological polar surface area (TPSA) is 57.8 Å². The van der Waals surface area contributed by atoms with Crippen molar-refractivity contribution < 1.29 is 13.6 Å². The van der Waals surface area contributed by atoms with Gasteiger partial charge in [0, 0.05) is 17.0 Å². The SMILES string of the molecule is O=C(Nc1cc2c(C=Cc3ccc(F)cc3)n[nH]c2cc1F)c1ccccc1. The molecular formula is C22H15F2N3O. The molecule has 0 saturated carbocycles. The van der Waals surface area contributed by atoms with Crippen LogP contribution in [0.15, 0.2) is 66.7 Å². The Morgan fingerprint density at radius 1 is 0.964 bits per heavy atom. The van der Waals surface area contributed by atoms with Crippen molar-refractivity contribution in [2.75, 3.05) is 5.32 Å². The molecule has 1 aromatic heterocycles. The Balaban J connectivity index is 1.64. The third kappa shape index (κ3) is 3.66. The number of halogens is 2. The molecule has 2 N–H and O–H groups in total. The summed E-state index contributed by atoms with van der Waals surface area (Å²) in [5.41, 5.74) is 2.39. The second kappa shape index (κ2) is 7.44. The van der Waals surface area contributed by atoms with Gasteiger partial charge in [-0.3, -0.25) is 9.89 Å². The van der Waals surface area contributed by atoms with Crippen molar-refractivity contribution in [2.24, 2.45) is 0 Å². The summed E-state index contributed by atoms with van der Waals surface area (Å²) in [7, 11) is 0. The molecule has 0 aliphatic rings. The van der Waals surface area contributed by atoms with Gasteiger partial charge in [0.25, 0.3) is 5.91 Å². The van der Waals surface area contributed by atoms with Gasteiger partial charge in [-0.05, 0) is 42.0 Å². The number of aromatic nitrogens is 2. The van der Waals surface area contributed by atoms with Crippen LogP contribution in [0.1, 0.15) is 21.6 Å². The zero-order valence-corrected chi connectivity index (χ0v) is 14.6. The van der Waals surface area contributed by atoms with Crippen LogP contribution in [0.5, 0.6) is 0 Å². The number of H-pyrrole nitrogens is 1. The van der Waals surface area contributed by atoms with Crippen molar-refractivity contribution in [3.8, 4) is 0 Å². The predicted octanol–water partition coefficient (Wildman–Crippen LogP) is 5.26. The van der Waals surface area contributed by atoms with Crippen molar-refractivity contribution in [3.63, 3.8) is 0 Å². The quantitative estimate of drug-likeness (QED) is 0.511. The standard InChI is InChI=1S/C22H15F2N3O/c23-16-9-6-14(7-10-16)8-11-19-17-12-21(18(24)13-20(17)27-26-19)25-22(28)15-4-2-1-3-5-15/h1-13H,(H,25,28)(H,26,27). The Bertz CT molecular complexity index is 1170. The minimum atomic E-state index is -0.561. The van der Waals surface area contributed by atoms with E-state index in [0.29, 0.717) is 22.2 Å². The van der Waals surface area contributed by atoms with Crippen molar-refractivity contribution in [2.45, 2.75) is 0 Å². The highest BCUT2D eigenvalue weighted by Crippen LogP contribution is 2.25. The molecule has 1 amide bonds. The molecule has 0 saturated heterocycles. The summed E-state index contributed by atoms with van der Waals surface area (Å²) < 4.78 is 27.4. The second-order valence-electron chi connectivity index (χ2n) is 6.19. The molecule has 0 aliphatic carbocycles. The molecule has 28 heavy (non-hydrogen) atoms. The molecule has 0 radical (unpaired) electrons. The summed E-state index contributed by atoms with van der Waals surface area (Å²) in [6.45, 7) is 0. The van der Waals surface area contributed by atoms with Gasteiger partial charge < -0.3 is 5.32 Å². The van der Waals surface area contributed by atoms with E-state index in [9.17, 15) is 13.6 Å². The van der Waals surface area contributed by atoms with E-state index in [1.807, 2.05) is 0 Å². The summed E-state index contributed by atoms with van der Waals surface area (Å²) in [4.78, 5) is 12.3. The molecule has 6 heteroatoms. The van der Waals surface area contributed by atoms with Gasteiger partial charge in [-0.2, -0.15) is 5.10 Å². The number of anilines is 1. The summed E-state index contributed by atoms with van der Waals surface area (Å²) >= 11 is 0. The van der Waals surface area contributed by atoms with Crippen molar-refractivity contribution in [3.05, 3.63) is 95.2 Å². The van der Waals surface area contributed by atoms with Crippen LogP contribution in [0, 0.1) is 11.6 Å². The maximum absolute atomic E-state index is 14.4. The van der Waals surface area contributed by atoms with Crippen molar-refractivity contribution >= 4 is 34.6 Å². The fraction of sp³-hybridized carbons (Fsp3) is 0. The Kier molecular flexibility index (Phi) is 4.68. The molecule has 1 heterocycles. The normalized spacial score (nSPS) is 11.2. The van der Waals surface area contributed by atoms with E-state index in [1.165, 1.54) is 18.2 Å².